The van der Waals surface area contributed by atoms with Gasteiger partial charge >= 0.3 is 5.97 Å². The van der Waals surface area contributed by atoms with Crippen molar-refractivity contribution in [1.29, 1.82) is 0 Å². The molecule has 0 radical (unpaired) electrons. The van der Waals surface area contributed by atoms with Crippen LogP contribution < -0.4 is 0 Å². The summed E-state index contributed by atoms with van der Waals surface area (Å²) in [4.78, 5) is 39.0. The van der Waals surface area contributed by atoms with E-state index in [1.807, 2.05) is 0 Å². The molecule has 25 heavy (non-hydrogen) atoms. The Morgan fingerprint density at radius 1 is 1.04 bits per heavy atom. The summed E-state index contributed by atoms with van der Waals surface area (Å²) in [5.41, 5.74) is 1.42. The molecule has 0 aromatic carbocycles. The van der Waals surface area contributed by atoms with E-state index in [0.29, 0.717) is 24.0 Å². The molecule has 4 aliphatic carbocycles. The quantitative estimate of drug-likeness (QED) is 0.450. The Balaban J connectivity index is 1.34. The predicted molar refractivity (Wildman–Crippen MR) is 87.5 cm³/mol. The molecule has 1 heterocycles. The second-order valence-electron chi connectivity index (χ2n) is 8.20. The molecule has 130 valence electrons. The number of hydrogen-bond donors (Lipinski definition) is 0. The second-order valence-corrected chi connectivity index (χ2v) is 8.20. The molecule has 0 aromatic rings. The van der Waals surface area contributed by atoms with E-state index in [4.69, 9.17) is 11.2 Å². The van der Waals surface area contributed by atoms with Gasteiger partial charge in [-0.3, -0.25) is 14.4 Å². The molecule has 0 bridgehead atoms. The van der Waals surface area contributed by atoms with Gasteiger partial charge in [0.25, 0.3) is 11.8 Å². The van der Waals surface area contributed by atoms with E-state index >= 15 is 0 Å². The smallest absolute Gasteiger partial charge is 0.312 e. The molecule has 3 saturated carbocycles. The van der Waals surface area contributed by atoms with Crippen molar-refractivity contribution >= 4 is 17.8 Å². The van der Waals surface area contributed by atoms with Crippen LogP contribution in [0.5, 0.6) is 0 Å². The lowest BCUT2D eigenvalue weighted by molar-refractivity contribution is -0.163. The summed E-state index contributed by atoms with van der Waals surface area (Å²) in [6, 6.07) is 0. The van der Waals surface area contributed by atoms with Crippen molar-refractivity contribution in [3.05, 3.63) is 11.1 Å². The Hall–Kier alpha value is -2.09. The first-order valence-corrected chi connectivity index (χ1v) is 9.32. The van der Waals surface area contributed by atoms with E-state index < -0.39 is 6.23 Å². The number of nitrogens with zero attached hydrogens (tertiary/aromatic N) is 1. The SMILES string of the molecule is C#CC(OC(=O)C1C2(CCC2)C12CC2)N1C(=O)C2=C(CCCC2)C1=O. The molecule has 5 nitrogen and oxygen atoms in total. The summed E-state index contributed by atoms with van der Waals surface area (Å²) in [7, 11) is 0. The fraction of sp³-hybridized carbons (Fsp3) is 0.650. The van der Waals surface area contributed by atoms with Gasteiger partial charge in [0.2, 0.25) is 6.23 Å². The topological polar surface area (TPSA) is 63.7 Å². The summed E-state index contributed by atoms with van der Waals surface area (Å²) in [5, 5.41) is 0. The molecule has 5 rings (SSSR count). The first-order chi connectivity index (χ1) is 12.1. The van der Waals surface area contributed by atoms with Gasteiger partial charge in [-0.2, -0.15) is 0 Å². The molecule has 0 saturated heterocycles. The third kappa shape index (κ3) is 1.73. The molecule has 0 N–H and O–H groups in total. The maximum Gasteiger partial charge on any atom is 0.312 e. The van der Waals surface area contributed by atoms with E-state index in [9.17, 15) is 14.4 Å². The number of terminal acetylenes is 1. The summed E-state index contributed by atoms with van der Waals surface area (Å²) in [6.45, 7) is 0. The minimum absolute atomic E-state index is 0.0833. The van der Waals surface area contributed by atoms with Crippen LogP contribution >= 0.6 is 0 Å². The summed E-state index contributed by atoms with van der Waals surface area (Å²) >= 11 is 0. The summed E-state index contributed by atoms with van der Waals surface area (Å²) in [6.07, 6.45) is 12.9. The van der Waals surface area contributed by atoms with Crippen LogP contribution in [0.4, 0.5) is 0 Å². The molecule has 1 aliphatic heterocycles. The van der Waals surface area contributed by atoms with Gasteiger partial charge in [-0.1, -0.05) is 6.42 Å². The first-order valence-electron chi connectivity index (χ1n) is 9.32. The van der Waals surface area contributed by atoms with E-state index in [1.165, 1.54) is 6.42 Å². The molecular weight excluding hydrogens is 318 g/mol. The Kier molecular flexibility index (Phi) is 2.89. The number of hydrogen-bond acceptors (Lipinski definition) is 4. The molecule has 2 atom stereocenters. The fourth-order valence-electron chi connectivity index (χ4n) is 5.77. The van der Waals surface area contributed by atoms with E-state index in [0.717, 1.165) is 43.4 Å². The largest absolute Gasteiger partial charge is 0.429 e. The van der Waals surface area contributed by atoms with Crippen molar-refractivity contribution in [3.8, 4) is 12.3 Å². The van der Waals surface area contributed by atoms with E-state index in [-0.39, 0.29) is 34.5 Å². The molecule has 5 aliphatic rings. The van der Waals surface area contributed by atoms with Crippen molar-refractivity contribution in [2.24, 2.45) is 16.7 Å². The zero-order valence-electron chi connectivity index (χ0n) is 14.2. The third-order valence-corrected chi connectivity index (χ3v) is 7.31. The first kappa shape index (κ1) is 15.2. The minimum atomic E-state index is -1.22. The highest BCUT2D eigenvalue weighted by Crippen LogP contribution is 2.88. The van der Waals surface area contributed by atoms with Gasteiger partial charge in [-0.15, -0.1) is 6.42 Å². The number of carbonyl (C=O) groups is 3. The maximum atomic E-state index is 12.7. The third-order valence-electron chi connectivity index (χ3n) is 7.31. The molecular formula is C20H21NO4. The van der Waals surface area contributed by atoms with Crippen molar-refractivity contribution < 1.29 is 19.1 Å². The zero-order chi connectivity index (χ0) is 17.4. The van der Waals surface area contributed by atoms with Gasteiger partial charge in [0.05, 0.1) is 5.92 Å². The highest BCUT2D eigenvalue weighted by atomic mass is 16.6. The Bertz CT molecular complexity index is 750. The lowest BCUT2D eigenvalue weighted by Gasteiger charge is -2.28. The molecule has 2 amide bonds. The molecule has 5 heteroatoms. The van der Waals surface area contributed by atoms with Gasteiger partial charge in [-0.05, 0) is 68.1 Å². The Labute approximate surface area is 146 Å². The normalized spacial score (nSPS) is 31.5. The van der Waals surface area contributed by atoms with Crippen LogP contribution in [0, 0.1) is 29.1 Å². The van der Waals surface area contributed by atoms with Crippen molar-refractivity contribution in [3.63, 3.8) is 0 Å². The van der Waals surface area contributed by atoms with Crippen LogP contribution in [0.2, 0.25) is 0 Å². The number of carbonyl (C=O) groups excluding carboxylic acids is 3. The van der Waals surface area contributed by atoms with Gasteiger partial charge in [0.1, 0.15) is 0 Å². The Morgan fingerprint density at radius 3 is 2.00 bits per heavy atom. The highest BCUT2D eigenvalue weighted by molar-refractivity contribution is 6.19. The lowest BCUT2D eigenvalue weighted by Crippen LogP contribution is -2.43. The van der Waals surface area contributed by atoms with Crippen molar-refractivity contribution in [1.82, 2.24) is 4.90 Å². The number of rotatable bonds is 3. The van der Waals surface area contributed by atoms with Crippen LogP contribution in [-0.2, 0) is 19.1 Å². The van der Waals surface area contributed by atoms with Crippen molar-refractivity contribution in [2.75, 3.05) is 0 Å². The second kappa shape index (κ2) is 4.75. The van der Waals surface area contributed by atoms with Gasteiger partial charge in [0, 0.05) is 11.1 Å². The predicted octanol–water partition coefficient (Wildman–Crippen LogP) is 2.31. The number of esters is 1. The summed E-state index contributed by atoms with van der Waals surface area (Å²) < 4.78 is 5.54. The van der Waals surface area contributed by atoms with Crippen LogP contribution in [-0.4, -0.2) is 28.9 Å². The molecule has 3 fully saturated rings. The fourth-order valence-corrected chi connectivity index (χ4v) is 5.77. The lowest BCUT2D eigenvalue weighted by atomic mass is 9.77. The van der Waals surface area contributed by atoms with E-state index in [1.54, 1.807) is 0 Å². The highest BCUT2D eigenvalue weighted by Gasteiger charge is 2.86. The average molecular weight is 339 g/mol. The van der Waals surface area contributed by atoms with Crippen LogP contribution in [0.3, 0.4) is 0 Å². The van der Waals surface area contributed by atoms with Gasteiger partial charge in [0.15, 0.2) is 0 Å². The molecule has 2 spiro atoms. The maximum absolute atomic E-state index is 12.7. The minimum Gasteiger partial charge on any atom is -0.429 e. The molecule has 0 aromatic heterocycles. The number of fused-ring (bicyclic) bond motifs is 1. The van der Waals surface area contributed by atoms with E-state index in [2.05, 4.69) is 5.92 Å². The van der Waals surface area contributed by atoms with Gasteiger partial charge < -0.3 is 4.74 Å². The molecule has 2 unspecified atom stereocenters. The average Bonchev–Trinajstić information content (AvgIpc) is 3.47. The number of imide groups is 1. The summed E-state index contributed by atoms with van der Waals surface area (Å²) in [5.74, 6) is 1.22. The standard InChI is InChI=1S/C20H21NO4/c1-2-14(21-16(22)12-6-3-4-7-13(12)17(21)23)25-18(24)15-19(8-5-9-19)20(15)10-11-20/h1,14-15H,3-11H2. The monoisotopic (exact) mass is 339 g/mol. The number of amides is 2. The number of ether oxygens (including phenoxy) is 1. The van der Waals surface area contributed by atoms with Crippen LogP contribution in [0.25, 0.3) is 0 Å². The van der Waals surface area contributed by atoms with Crippen LogP contribution in [0.1, 0.15) is 57.8 Å². The Morgan fingerprint density at radius 2 is 1.60 bits per heavy atom. The van der Waals surface area contributed by atoms with Gasteiger partial charge in [-0.25, -0.2) is 4.90 Å². The van der Waals surface area contributed by atoms with Crippen LogP contribution in [0.15, 0.2) is 11.1 Å². The van der Waals surface area contributed by atoms with Crippen molar-refractivity contribution in [2.45, 2.75) is 64.0 Å². The zero-order valence-corrected chi connectivity index (χ0v) is 14.2.